The first-order valence-electron chi connectivity index (χ1n) is 15.2. The number of carbonyl (C=O) groups excluding carboxylic acids is 2. The molecule has 0 aromatic heterocycles. The zero-order chi connectivity index (χ0) is 27.9. The second-order valence-corrected chi connectivity index (χ2v) is 11.1. The van der Waals surface area contributed by atoms with Gasteiger partial charge < -0.3 is 28.8 Å². The van der Waals surface area contributed by atoms with Crippen LogP contribution in [0.25, 0.3) is 0 Å². The lowest BCUT2D eigenvalue weighted by Crippen LogP contribution is -2.31. The predicted molar refractivity (Wildman–Crippen MR) is 148 cm³/mol. The first-order valence-corrected chi connectivity index (χ1v) is 15.2. The van der Waals surface area contributed by atoms with E-state index >= 15 is 0 Å². The lowest BCUT2D eigenvalue weighted by Gasteiger charge is -2.30. The number of hydrogen-bond acceptors (Lipinski definition) is 8. The second kappa shape index (κ2) is 18.0. The summed E-state index contributed by atoms with van der Waals surface area (Å²) in [4.78, 5) is 24.2. The molecule has 0 spiro atoms. The summed E-state index contributed by atoms with van der Waals surface area (Å²) < 4.78 is 29.1. The summed E-state index contributed by atoms with van der Waals surface area (Å²) >= 11 is 0. The van der Waals surface area contributed by atoms with E-state index in [2.05, 4.69) is 23.8 Å². The quantitative estimate of drug-likeness (QED) is 0.118. The largest absolute Gasteiger partial charge is 0.466 e. The number of carbonyl (C=O) groups is 2. The van der Waals surface area contributed by atoms with Crippen LogP contribution >= 0.6 is 0 Å². The first-order chi connectivity index (χ1) is 19.0. The lowest BCUT2D eigenvalue weighted by molar-refractivity contribution is -0.193. The van der Waals surface area contributed by atoms with Gasteiger partial charge in [-0.1, -0.05) is 44.4 Å². The van der Waals surface area contributed by atoms with E-state index in [1.165, 1.54) is 13.2 Å². The molecule has 1 aliphatic carbocycles. The Balaban J connectivity index is 1.69. The number of esters is 1. The molecular weight excluding hydrogens is 500 g/mol. The third kappa shape index (κ3) is 11.4. The van der Waals surface area contributed by atoms with Gasteiger partial charge in [-0.05, 0) is 51.4 Å². The number of methoxy groups -OCH3 is 1. The summed E-state index contributed by atoms with van der Waals surface area (Å²) in [6.45, 7) is 3.62. The Morgan fingerprint density at radius 1 is 1.05 bits per heavy atom. The van der Waals surface area contributed by atoms with Crippen LogP contribution in [0, 0.1) is 11.8 Å². The highest BCUT2D eigenvalue weighted by molar-refractivity contribution is 5.82. The molecule has 2 heterocycles. The van der Waals surface area contributed by atoms with E-state index in [-0.39, 0.29) is 48.8 Å². The molecule has 39 heavy (non-hydrogen) atoms. The molecule has 3 rings (SSSR count). The normalized spacial score (nSPS) is 30.6. The number of ether oxygens (including phenoxy) is 5. The minimum atomic E-state index is -0.635. The molecule has 8 heteroatoms. The van der Waals surface area contributed by atoms with E-state index < -0.39 is 12.1 Å². The van der Waals surface area contributed by atoms with Crippen LogP contribution in [-0.4, -0.2) is 68.1 Å². The van der Waals surface area contributed by atoms with Gasteiger partial charge >= 0.3 is 5.97 Å². The van der Waals surface area contributed by atoms with Crippen LogP contribution in [-0.2, 0) is 33.3 Å². The van der Waals surface area contributed by atoms with Gasteiger partial charge in [0.15, 0.2) is 12.6 Å². The fourth-order valence-electron chi connectivity index (χ4n) is 5.73. The Morgan fingerprint density at radius 3 is 2.46 bits per heavy atom. The number of ketones is 1. The molecule has 2 unspecified atom stereocenters. The van der Waals surface area contributed by atoms with Crippen LogP contribution in [0.15, 0.2) is 24.3 Å². The molecule has 0 bridgehead atoms. The maximum Gasteiger partial charge on any atom is 0.330 e. The van der Waals surface area contributed by atoms with Gasteiger partial charge in [0, 0.05) is 50.4 Å². The van der Waals surface area contributed by atoms with Gasteiger partial charge in [0.1, 0.15) is 5.78 Å². The number of Topliss-reactive ketones (excluding diaryl/α,β-unsaturated/α-hetero) is 1. The van der Waals surface area contributed by atoms with Crippen molar-refractivity contribution in [3.05, 3.63) is 24.3 Å². The van der Waals surface area contributed by atoms with Gasteiger partial charge in [-0.15, -0.1) is 0 Å². The van der Waals surface area contributed by atoms with Crippen molar-refractivity contribution in [3.63, 3.8) is 0 Å². The van der Waals surface area contributed by atoms with Crippen molar-refractivity contribution in [2.24, 2.45) is 11.8 Å². The first kappa shape index (κ1) is 31.9. The van der Waals surface area contributed by atoms with Gasteiger partial charge in [0.2, 0.25) is 0 Å². The minimum absolute atomic E-state index is 0.0629. The lowest BCUT2D eigenvalue weighted by atomic mass is 9.87. The number of allylic oxidation sites excluding steroid dienone is 1. The van der Waals surface area contributed by atoms with Crippen molar-refractivity contribution in [1.29, 1.82) is 0 Å². The molecule has 7 atom stereocenters. The number of aliphatic hydroxyl groups excluding tert-OH is 1. The molecule has 1 saturated carbocycles. The zero-order valence-electron chi connectivity index (χ0n) is 24.0. The van der Waals surface area contributed by atoms with Crippen molar-refractivity contribution in [2.45, 2.75) is 128 Å². The van der Waals surface area contributed by atoms with E-state index in [9.17, 15) is 14.7 Å². The monoisotopic (exact) mass is 550 g/mol. The van der Waals surface area contributed by atoms with Crippen LogP contribution in [0.4, 0.5) is 0 Å². The average Bonchev–Trinajstić information content (AvgIpc) is 3.23. The summed E-state index contributed by atoms with van der Waals surface area (Å²) in [5, 5.41) is 11.1. The minimum Gasteiger partial charge on any atom is -0.466 e. The molecule has 3 fully saturated rings. The Kier molecular flexibility index (Phi) is 14.7. The van der Waals surface area contributed by atoms with Crippen LogP contribution in [0.3, 0.4) is 0 Å². The highest BCUT2D eigenvalue weighted by Gasteiger charge is 2.43. The number of rotatable bonds is 16. The Morgan fingerprint density at radius 2 is 1.79 bits per heavy atom. The fraction of sp³-hybridized carbons (Fsp3) is 0.806. The highest BCUT2D eigenvalue weighted by atomic mass is 16.7. The smallest absolute Gasteiger partial charge is 0.330 e. The summed E-state index contributed by atoms with van der Waals surface area (Å²) in [5.41, 5.74) is 0. The average molecular weight is 551 g/mol. The van der Waals surface area contributed by atoms with E-state index in [0.29, 0.717) is 25.9 Å². The van der Waals surface area contributed by atoms with Crippen molar-refractivity contribution in [2.75, 3.05) is 20.3 Å². The summed E-state index contributed by atoms with van der Waals surface area (Å²) in [5.74, 6) is -0.732. The molecule has 1 N–H and O–H groups in total. The van der Waals surface area contributed by atoms with Gasteiger partial charge in [-0.25, -0.2) is 4.79 Å². The van der Waals surface area contributed by atoms with Crippen molar-refractivity contribution in [1.82, 2.24) is 0 Å². The summed E-state index contributed by atoms with van der Waals surface area (Å²) in [6, 6.07) is 0. The third-order valence-electron chi connectivity index (χ3n) is 7.97. The summed E-state index contributed by atoms with van der Waals surface area (Å²) in [6.07, 6.45) is 17.7. The maximum atomic E-state index is 12.9. The van der Waals surface area contributed by atoms with Gasteiger partial charge in [-0.2, -0.15) is 0 Å². The Hall–Kier alpha value is -1.58. The molecule has 8 nitrogen and oxygen atoms in total. The number of aliphatic hydroxyl groups is 1. The SMILES string of the molecule is CCCCC[C@@H](C=C[C@@H]1[C@@H](CC(=O)CCC=CC(=O)OC)[C@@H](O)C[C@H]1OC1CCCCO1)OC1CCCCO1. The Labute approximate surface area is 234 Å². The number of hydrogen-bond donors (Lipinski definition) is 1. The van der Waals surface area contributed by atoms with E-state index in [4.69, 9.17) is 18.9 Å². The fourth-order valence-corrected chi connectivity index (χ4v) is 5.73. The van der Waals surface area contributed by atoms with Crippen molar-refractivity contribution >= 4 is 11.8 Å². The predicted octanol–water partition coefficient (Wildman–Crippen LogP) is 5.41. The molecule has 0 radical (unpaired) electrons. The van der Waals surface area contributed by atoms with Gasteiger partial charge in [-0.3, -0.25) is 4.79 Å². The second-order valence-electron chi connectivity index (χ2n) is 11.1. The van der Waals surface area contributed by atoms with Crippen LogP contribution in [0.2, 0.25) is 0 Å². The summed E-state index contributed by atoms with van der Waals surface area (Å²) in [7, 11) is 1.32. The van der Waals surface area contributed by atoms with E-state index in [0.717, 1.165) is 70.8 Å². The van der Waals surface area contributed by atoms with Crippen LogP contribution in [0.1, 0.15) is 96.8 Å². The zero-order valence-corrected chi connectivity index (χ0v) is 24.0. The molecule has 0 aromatic carbocycles. The standard InChI is InChI=1S/C31H50O8/c1-3-4-5-13-24(38-30-15-8-10-19-36-30)17-18-25-26(21-23(32)12-6-7-14-29(34)35-2)27(33)22-28(25)39-31-16-9-11-20-37-31/h7,14,17-18,24-28,30-31,33H,3-6,8-13,15-16,19-22H2,1-2H3/t24-,25+,26+,27-,28+,30?,31?/m0/s1. The number of unbranched alkanes of at least 4 members (excludes halogenated alkanes) is 2. The van der Waals surface area contributed by atoms with Crippen molar-refractivity contribution in [3.8, 4) is 0 Å². The van der Waals surface area contributed by atoms with Gasteiger partial charge in [0.25, 0.3) is 0 Å². The highest BCUT2D eigenvalue weighted by Crippen LogP contribution is 2.40. The van der Waals surface area contributed by atoms with Crippen LogP contribution < -0.4 is 0 Å². The molecule has 3 aliphatic rings. The van der Waals surface area contributed by atoms with Crippen molar-refractivity contribution < 1.29 is 38.4 Å². The Bertz CT molecular complexity index is 769. The molecule has 0 aromatic rings. The topological polar surface area (TPSA) is 101 Å². The third-order valence-corrected chi connectivity index (χ3v) is 7.97. The van der Waals surface area contributed by atoms with E-state index in [1.807, 2.05) is 0 Å². The molecule has 222 valence electrons. The molecule has 2 saturated heterocycles. The molecular formula is C31H50O8. The molecule has 0 amide bonds. The van der Waals surface area contributed by atoms with Crippen LogP contribution in [0.5, 0.6) is 0 Å². The molecule has 2 aliphatic heterocycles. The van der Waals surface area contributed by atoms with E-state index in [1.54, 1.807) is 6.08 Å². The maximum absolute atomic E-state index is 12.9. The van der Waals surface area contributed by atoms with Gasteiger partial charge in [0.05, 0.1) is 25.4 Å².